The number of hydrogen-bond donors (Lipinski definition) is 0. The molecule has 0 radical (unpaired) electrons. The molecule has 0 spiro atoms. The third kappa shape index (κ3) is 4.82. The third-order valence-corrected chi connectivity index (χ3v) is 8.11. The second-order valence-corrected chi connectivity index (χ2v) is 10.2. The van der Waals surface area contributed by atoms with Crippen LogP contribution in [0.25, 0.3) is 21.3 Å². The number of nitrogens with zero attached hydrogens (tertiary/aromatic N) is 4. The number of piperidine rings is 2. The highest BCUT2D eigenvalue weighted by Gasteiger charge is 2.24. The van der Waals surface area contributed by atoms with Gasteiger partial charge in [-0.3, -0.25) is 0 Å². The van der Waals surface area contributed by atoms with Crippen LogP contribution in [0.15, 0.2) is 42.0 Å². The summed E-state index contributed by atoms with van der Waals surface area (Å²) in [6.07, 6.45) is 9.29. The Balaban J connectivity index is 1.17. The van der Waals surface area contributed by atoms with Gasteiger partial charge >= 0.3 is 0 Å². The van der Waals surface area contributed by atoms with E-state index in [0.29, 0.717) is 5.92 Å². The Morgan fingerprint density at radius 1 is 1.03 bits per heavy atom. The first kappa shape index (κ1) is 21.8. The molecule has 1 unspecified atom stereocenters. The van der Waals surface area contributed by atoms with Crippen LogP contribution in [-0.4, -0.2) is 60.8 Å². The number of likely N-dealkylation sites (tertiary alicyclic amines) is 1. The lowest BCUT2D eigenvalue weighted by atomic mass is 9.97. The molecule has 0 bridgehead atoms. The summed E-state index contributed by atoms with van der Waals surface area (Å²) in [7, 11) is 2.26. The molecule has 2 saturated heterocycles. The predicted molar refractivity (Wildman–Crippen MR) is 133 cm³/mol. The van der Waals surface area contributed by atoms with Gasteiger partial charge in [0.15, 0.2) is 0 Å². The van der Waals surface area contributed by atoms with Crippen molar-refractivity contribution in [1.82, 2.24) is 14.9 Å². The van der Waals surface area contributed by atoms with Gasteiger partial charge in [0.05, 0.1) is 5.39 Å². The van der Waals surface area contributed by atoms with Gasteiger partial charge in [0.1, 0.15) is 17.0 Å². The fourth-order valence-electron chi connectivity index (χ4n) is 5.22. The Hall–Kier alpha value is -2.02. The van der Waals surface area contributed by atoms with Crippen molar-refractivity contribution in [2.24, 2.45) is 5.92 Å². The van der Waals surface area contributed by atoms with Gasteiger partial charge in [0, 0.05) is 43.3 Å². The summed E-state index contributed by atoms with van der Waals surface area (Å²) in [4.78, 5) is 15.3. The Labute approximate surface area is 195 Å². The molecule has 32 heavy (non-hydrogen) atoms. The maximum absolute atomic E-state index is 6.13. The molecule has 2 aliphatic heterocycles. The lowest BCUT2D eigenvalue weighted by Gasteiger charge is -2.34. The second-order valence-electron chi connectivity index (χ2n) is 9.32. The molecule has 1 aromatic carbocycles. The van der Waals surface area contributed by atoms with Gasteiger partial charge in [-0.15, -0.1) is 11.3 Å². The third-order valence-electron chi connectivity index (χ3n) is 7.22. The minimum atomic E-state index is 0.656. The van der Waals surface area contributed by atoms with Gasteiger partial charge in [0.25, 0.3) is 0 Å². The van der Waals surface area contributed by atoms with Gasteiger partial charge in [-0.05, 0) is 57.2 Å². The van der Waals surface area contributed by atoms with E-state index in [1.54, 1.807) is 17.7 Å². The summed E-state index contributed by atoms with van der Waals surface area (Å²) in [5.74, 6) is 1.75. The van der Waals surface area contributed by atoms with Crippen LogP contribution in [0.5, 0.6) is 0 Å². The quantitative estimate of drug-likeness (QED) is 0.447. The first-order valence-electron chi connectivity index (χ1n) is 12.1. The molecular weight excluding hydrogens is 416 g/mol. The normalized spacial score (nSPS) is 20.8. The van der Waals surface area contributed by atoms with Crippen LogP contribution in [0.4, 0.5) is 5.82 Å². The Bertz CT molecular complexity index is 999. The highest BCUT2D eigenvalue weighted by atomic mass is 32.1. The highest BCUT2D eigenvalue weighted by Crippen LogP contribution is 2.38. The Morgan fingerprint density at radius 2 is 1.88 bits per heavy atom. The molecule has 5 nitrogen and oxygen atoms in total. The summed E-state index contributed by atoms with van der Waals surface area (Å²) in [6, 6.07) is 11.3. The van der Waals surface area contributed by atoms with Crippen molar-refractivity contribution in [3.8, 4) is 11.1 Å². The average Bonchev–Trinajstić information content (AvgIpc) is 3.28. The topological polar surface area (TPSA) is 41.5 Å². The van der Waals surface area contributed by atoms with Crippen molar-refractivity contribution in [2.45, 2.75) is 44.6 Å². The molecule has 0 aliphatic carbocycles. The van der Waals surface area contributed by atoms with Crippen LogP contribution in [0, 0.1) is 5.92 Å². The van der Waals surface area contributed by atoms with Crippen molar-refractivity contribution in [3.05, 3.63) is 42.0 Å². The van der Waals surface area contributed by atoms with Gasteiger partial charge in [-0.1, -0.05) is 36.8 Å². The fraction of sp³-hybridized carbons (Fsp3) is 0.538. The largest absolute Gasteiger partial charge is 0.381 e. The van der Waals surface area contributed by atoms with Gasteiger partial charge in [0.2, 0.25) is 0 Å². The molecule has 2 aromatic heterocycles. The maximum Gasteiger partial charge on any atom is 0.141 e. The molecule has 6 heteroatoms. The van der Waals surface area contributed by atoms with Crippen molar-refractivity contribution in [2.75, 3.05) is 44.8 Å². The summed E-state index contributed by atoms with van der Waals surface area (Å²) < 4.78 is 6.13. The molecule has 2 aliphatic rings. The van der Waals surface area contributed by atoms with Crippen LogP contribution < -0.4 is 4.90 Å². The molecule has 0 amide bonds. The second kappa shape index (κ2) is 10.3. The predicted octanol–water partition coefficient (Wildman–Crippen LogP) is 5.47. The molecule has 4 heterocycles. The van der Waals surface area contributed by atoms with E-state index in [1.807, 2.05) is 0 Å². The van der Waals surface area contributed by atoms with Crippen LogP contribution in [0.1, 0.15) is 38.5 Å². The number of anilines is 1. The van der Waals surface area contributed by atoms with E-state index >= 15 is 0 Å². The first-order valence-corrected chi connectivity index (χ1v) is 13.0. The number of fused-ring (bicyclic) bond motifs is 1. The minimum absolute atomic E-state index is 0.656. The summed E-state index contributed by atoms with van der Waals surface area (Å²) in [5, 5.41) is 3.43. The summed E-state index contributed by atoms with van der Waals surface area (Å²) in [5.41, 5.74) is 2.49. The van der Waals surface area contributed by atoms with Crippen molar-refractivity contribution < 1.29 is 4.74 Å². The lowest BCUT2D eigenvalue weighted by molar-refractivity contribution is 0.0648. The number of benzene rings is 1. The number of thiophene rings is 1. The van der Waals surface area contributed by atoms with Crippen molar-refractivity contribution >= 4 is 27.4 Å². The van der Waals surface area contributed by atoms with E-state index in [4.69, 9.17) is 9.72 Å². The lowest BCUT2D eigenvalue weighted by Crippen LogP contribution is -2.37. The summed E-state index contributed by atoms with van der Waals surface area (Å²) in [6.45, 7) is 5.12. The molecule has 1 atom stereocenters. The molecule has 3 aromatic rings. The van der Waals surface area contributed by atoms with E-state index in [-0.39, 0.29) is 0 Å². The van der Waals surface area contributed by atoms with E-state index in [2.05, 4.69) is 57.5 Å². The minimum Gasteiger partial charge on any atom is -0.381 e. The molecule has 5 rings (SSSR count). The zero-order valence-electron chi connectivity index (χ0n) is 19.1. The zero-order valence-corrected chi connectivity index (χ0v) is 19.9. The van der Waals surface area contributed by atoms with Crippen LogP contribution in [-0.2, 0) is 4.74 Å². The maximum atomic E-state index is 6.13. The average molecular weight is 451 g/mol. The molecular formula is C26H34N4OS. The SMILES string of the molecule is CN1CCCCC1CCOCC1CCN(c2ncnc3scc(-c4ccccc4)c23)CC1. The van der Waals surface area contributed by atoms with E-state index in [9.17, 15) is 0 Å². The summed E-state index contributed by atoms with van der Waals surface area (Å²) >= 11 is 1.71. The monoisotopic (exact) mass is 450 g/mol. The van der Waals surface area contributed by atoms with E-state index in [0.717, 1.165) is 43.0 Å². The highest BCUT2D eigenvalue weighted by molar-refractivity contribution is 7.17. The van der Waals surface area contributed by atoms with Crippen LogP contribution in [0.2, 0.25) is 0 Å². The van der Waals surface area contributed by atoms with Crippen molar-refractivity contribution in [3.63, 3.8) is 0 Å². The van der Waals surface area contributed by atoms with Crippen molar-refractivity contribution in [1.29, 1.82) is 0 Å². The zero-order chi connectivity index (χ0) is 21.8. The number of aromatic nitrogens is 2. The van der Waals surface area contributed by atoms with E-state index < -0.39 is 0 Å². The smallest absolute Gasteiger partial charge is 0.141 e. The van der Waals surface area contributed by atoms with E-state index in [1.165, 1.54) is 61.6 Å². The number of hydrogen-bond acceptors (Lipinski definition) is 6. The van der Waals surface area contributed by atoms with Gasteiger partial charge in [-0.2, -0.15) is 0 Å². The fourth-order valence-corrected chi connectivity index (χ4v) is 6.13. The number of rotatable bonds is 7. The Kier molecular flexibility index (Phi) is 7.00. The van der Waals surface area contributed by atoms with Gasteiger partial charge < -0.3 is 14.5 Å². The standard InChI is InChI=1S/C26H34N4OS/c1-29-13-6-5-9-22(29)12-16-31-17-20-10-14-30(15-11-20)25-24-23(21-7-3-2-4-8-21)18-32-26(24)28-19-27-25/h2-4,7-8,18-20,22H,5-6,9-17H2,1H3. The van der Waals surface area contributed by atoms with Gasteiger partial charge in [-0.25, -0.2) is 9.97 Å². The van der Waals surface area contributed by atoms with Crippen LogP contribution >= 0.6 is 11.3 Å². The molecule has 0 saturated carbocycles. The van der Waals surface area contributed by atoms with Crippen LogP contribution in [0.3, 0.4) is 0 Å². The number of ether oxygens (including phenoxy) is 1. The molecule has 170 valence electrons. The molecule has 0 N–H and O–H groups in total. The molecule has 2 fully saturated rings. The Morgan fingerprint density at radius 3 is 2.69 bits per heavy atom. The first-order chi connectivity index (χ1) is 15.8.